The number of oxime groups is 1. The summed E-state index contributed by atoms with van der Waals surface area (Å²) in [4.78, 5) is 5.66. The molecule has 3 aliphatic heterocycles. The van der Waals surface area contributed by atoms with E-state index in [2.05, 4.69) is 20.7 Å². The largest absolute Gasteiger partial charge is 0.390 e. The minimum absolute atomic E-state index is 0.115. The molecule has 0 spiro atoms. The Hall–Kier alpha value is -0.200. The topological polar surface area (TPSA) is 46.0 Å². The maximum Gasteiger partial charge on any atom is 0.152 e. The molecule has 2 unspecified atom stereocenters. The molecule has 1 N–H and O–H groups in total. The van der Waals surface area contributed by atoms with E-state index in [0.717, 1.165) is 37.2 Å². The van der Waals surface area contributed by atoms with Crippen molar-refractivity contribution in [1.29, 1.82) is 0 Å². The molecule has 3 rings (SSSR count). The van der Waals surface area contributed by atoms with E-state index in [4.69, 9.17) is 4.84 Å². The van der Waals surface area contributed by atoms with E-state index in [1.807, 2.05) is 6.21 Å². The van der Waals surface area contributed by atoms with Gasteiger partial charge in [0.15, 0.2) is 6.10 Å². The van der Waals surface area contributed by atoms with E-state index in [9.17, 15) is 0 Å². The number of nitrogens with one attached hydrogen (secondary N) is 1. The lowest BCUT2D eigenvalue weighted by atomic mass is 9.79. The van der Waals surface area contributed by atoms with Gasteiger partial charge in [-0.3, -0.25) is 0 Å². The van der Waals surface area contributed by atoms with Gasteiger partial charge in [0.1, 0.15) is 5.54 Å². The summed E-state index contributed by atoms with van der Waals surface area (Å²) in [7, 11) is 0. The van der Waals surface area contributed by atoms with E-state index in [1.54, 1.807) is 23.9 Å². The molecule has 1 saturated heterocycles. The van der Waals surface area contributed by atoms with Crippen molar-refractivity contribution in [3.05, 3.63) is 6.42 Å². The summed E-state index contributed by atoms with van der Waals surface area (Å²) in [6, 6.07) is 0. The molecule has 0 aliphatic carbocycles. The van der Waals surface area contributed by atoms with Gasteiger partial charge in [0.05, 0.1) is 5.71 Å². The van der Waals surface area contributed by atoms with Crippen LogP contribution in [0.15, 0.2) is 9.55 Å². The highest BCUT2D eigenvalue weighted by molar-refractivity contribution is 7.98. The van der Waals surface area contributed by atoms with Crippen LogP contribution in [0.4, 0.5) is 0 Å². The van der Waals surface area contributed by atoms with Crippen LogP contribution in [-0.2, 0) is 4.84 Å². The van der Waals surface area contributed by atoms with Gasteiger partial charge in [0.2, 0.25) is 0 Å². The van der Waals surface area contributed by atoms with Crippen LogP contribution >= 0.6 is 23.9 Å². The van der Waals surface area contributed by atoms with Crippen molar-refractivity contribution >= 4 is 35.8 Å². The van der Waals surface area contributed by atoms with Crippen LogP contribution in [-0.4, -0.2) is 35.1 Å². The molecule has 18 heavy (non-hydrogen) atoms. The fraction of sp³-hybridized carbons (Fsp3) is 0.750. The fourth-order valence-corrected chi connectivity index (χ4v) is 4.35. The third-order valence-corrected chi connectivity index (χ3v) is 5.35. The highest BCUT2D eigenvalue weighted by Gasteiger charge is 2.47. The van der Waals surface area contributed by atoms with E-state index >= 15 is 0 Å². The van der Waals surface area contributed by atoms with Gasteiger partial charge in [-0.05, 0) is 44.1 Å². The maximum atomic E-state index is 5.66. The molecule has 6 heteroatoms. The molecule has 2 atom stereocenters. The van der Waals surface area contributed by atoms with E-state index in [0.29, 0.717) is 0 Å². The SMILES string of the molecule is [CH]1CCSN=C1C1(C2CCC=NO2)CCCSN1. The maximum absolute atomic E-state index is 5.66. The highest BCUT2D eigenvalue weighted by atomic mass is 32.2. The summed E-state index contributed by atoms with van der Waals surface area (Å²) >= 11 is 3.47. The number of rotatable bonds is 2. The predicted octanol–water partition coefficient (Wildman–Crippen LogP) is 2.62. The Balaban J connectivity index is 1.86. The minimum atomic E-state index is -0.131. The third-order valence-electron chi connectivity index (χ3n) is 3.61. The zero-order valence-electron chi connectivity index (χ0n) is 10.3. The summed E-state index contributed by atoms with van der Waals surface area (Å²) < 4.78 is 8.28. The van der Waals surface area contributed by atoms with E-state index in [1.165, 1.54) is 12.1 Å². The zero-order valence-corrected chi connectivity index (χ0v) is 11.9. The summed E-state index contributed by atoms with van der Waals surface area (Å²) in [5.74, 6) is 2.26. The Bertz CT molecular complexity index is 353. The van der Waals surface area contributed by atoms with Crippen LogP contribution in [0.2, 0.25) is 0 Å². The van der Waals surface area contributed by atoms with Gasteiger partial charge in [-0.25, -0.2) is 9.12 Å². The summed E-state index contributed by atoms with van der Waals surface area (Å²) in [5.41, 5.74) is 1.04. The van der Waals surface area contributed by atoms with Crippen molar-refractivity contribution in [2.24, 2.45) is 9.55 Å². The summed E-state index contributed by atoms with van der Waals surface area (Å²) in [6.07, 6.45) is 9.68. The lowest BCUT2D eigenvalue weighted by molar-refractivity contribution is 0.00398. The number of hydrogen-bond donors (Lipinski definition) is 1. The van der Waals surface area contributed by atoms with Crippen LogP contribution in [0.3, 0.4) is 0 Å². The van der Waals surface area contributed by atoms with Crippen LogP contribution in [0.25, 0.3) is 0 Å². The molecule has 0 aromatic carbocycles. The van der Waals surface area contributed by atoms with Crippen LogP contribution < -0.4 is 4.72 Å². The van der Waals surface area contributed by atoms with Gasteiger partial charge in [-0.2, -0.15) is 0 Å². The van der Waals surface area contributed by atoms with Crippen molar-refractivity contribution in [2.45, 2.75) is 43.7 Å². The Kier molecular flexibility index (Phi) is 4.16. The average Bonchev–Trinajstić information content (AvgIpc) is 2.50. The summed E-state index contributed by atoms with van der Waals surface area (Å²) in [6.45, 7) is 0. The molecule has 0 bridgehead atoms. The van der Waals surface area contributed by atoms with Crippen LogP contribution in [0, 0.1) is 6.42 Å². The second kappa shape index (κ2) is 5.84. The second-order valence-corrected chi connectivity index (χ2v) is 6.54. The Morgan fingerprint density at radius 1 is 1.39 bits per heavy atom. The second-order valence-electron chi connectivity index (χ2n) is 4.79. The van der Waals surface area contributed by atoms with Gasteiger partial charge in [-0.1, -0.05) is 17.1 Å². The lowest BCUT2D eigenvalue weighted by Gasteiger charge is -2.44. The molecule has 99 valence electrons. The molecule has 0 amide bonds. The van der Waals surface area contributed by atoms with Crippen molar-refractivity contribution in [3.8, 4) is 0 Å². The monoisotopic (exact) mass is 284 g/mol. The quantitative estimate of drug-likeness (QED) is 0.792. The zero-order chi connectivity index (χ0) is 12.3. The van der Waals surface area contributed by atoms with Crippen molar-refractivity contribution < 1.29 is 4.84 Å². The van der Waals surface area contributed by atoms with Crippen molar-refractivity contribution in [1.82, 2.24) is 4.72 Å². The van der Waals surface area contributed by atoms with Gasteiger partial charge >= 0.3 is 0 Å². The van der Waals surface area contributed by atoms with Crippen molar-refractivity contribution in [2.75, 3.05) is 11.5 Å². The third kappa shape index (κ3) is 2.42. The lowest BCUT2D eigenvalue weighted by Crippen LogP contribution is -2.60. The first-order valence-electron chi connectivity index (χ1n) is 6.52. The smallest absolute Gasteiger partial charge is 0.152 e. The van der Waals surface area contributed by atoms with Gasteiger partial charge in [0, 0.05) is 24.1 Å². The number of hydrogen-bond acceptors (Lipinski definition) is 6. The Labute approximate surface area is 117 Å². The normalized spacial score (nSPS) is 36.9. The van der Waals surface area contributed by atoms with Crippen LogP contribution in [0.1, 0.15) is 32.1 Å². The molecule has 0 aromatic rings. The fourth-order valence-electron chi connectivity index (χ4n) is 2.67. The molecule has 3 aliphatic rings. The van der Waals surface area contributed by atoms with Gasteiger partial charge in [-0.15, -0.1) is 0 Å². The molecule has 0 aromatic heterocycles. The molecular weight excluding hydrogens is 266 g/mol. The van der Waals surface area contributed by atoms with Gasteiger partial charge < -0.3 is 4.84 Å². The molecular formula is C12H18N3OS2. The molecule has 4 nitrogen and oxygen atoms in total. The summed E-state index contributed by atoms with van der Waals surface area (Å²) in [5, 5.41) is 4.02. The van der Waals surface area contributed by atoms with Crippen LogP contribution in [0.5, 0.6) is 0 Å². The molecule has 1 fully saturated rings. The average molecular weight is 284 g/mol. The predicted molar refractivity (Wildman–Crippen MR) is 79.0 cm³/mol. The molecule has 0 saturated carbocycles. The Morgan fingerprint density at radius 3 is 3.06 bits per heavy atom. The highest BCUT2D eigenvalue weighted by Crippen LogP contribution is 2.36. The molecule has 3 heterocycles. The first-order chi connectivity index (χ1) is 8.92. The number of nitrogens with zero attached hydrogens (tertiary/aromatic N) is 2. The minimum Gasteiger partial charge on any atom is -0.390 e. The first kappa shape index (κ1) is 12.8. The van der Waals surface area contributed by atoms with Crippen molar-refractivity contribution in [3.63, 3.8) is 0 Å². The van der Waals surface area contributed by atoms with E-state index in [-0.39, 0.29) is 11.6 Å². The van der Waals surface area contributed by atoms with E-state index < -0.39 is 0 Å². The Morgan fingerprint density at radius 2 is 2.39 bits per heavy atom. The first-order valence-corrected chi connectivity index (χ1v) is 8.45. The standard InChI is InChI=1S/C12H18N3OS2/c1-5-11(16-13-7-1)12(6-3-9-18-15-12)10-4-2-8-17-14-10/h4,7,11,15H,1-3,5-6,8-9H2. The molecule has 1 radical (unpaired) electrons. The van der Waals surface area contributed by atoms with Gasteiger partial charge in [0.25, 0.3) is 0 Å².